The first-order chi connectivity index (χ1) is 12.4. The summed E-state index contributed by atoms with van der Waals surface area (Å²) in [6.45, 7) is 1.75. The molecule has 0 aliphatic carbocycles. The molecule has 3 heterocycles. The van der Waals surface area contributed by atoms with Crippen LogP contribution >= 0.6 is 0 Å². The van der Waals surface area contributed by atoms with Crippen LogP contribution in [-0.4, -0.2) is 27.4 Å². The first-order valence-electron chi connectivity index (χ1n) is 7.99. The first-order valence-corrected chi connectivity index (χ1v) is 9.48. The Kier molecular flexibility index (Phi) is 3.77. The van der Waals surface area contributed by atoms with Gasteiger partial charge in [-0.25, -0.2) is 9.97 Å². The number of rotatable bonds is 4. The van der Waals surface area contributed by atoms with Crippen molar-refractivity contribution < 1.29 is 8.42 Å². The largest absolute Gasteiger partial charge is 0.337 e. The normalized spacial score (nSPS) is 11.8. The van der Waals surface area contributed by atoms with E-state index in [-0.39, 0.29) is 5.03 Å². The van der Waals surface area contributed by atoms with Gasteiger partial charge in [-0.15, -0.1) is 0 Å². The van der Waals surface area contributed by atoms with Crippen molar-refractivity contribution in [3.05, 3.63) is 66.9 Å². The van der Waals surface area contributed by atoms with Crippen LogP contribution in [0.4, 0.5) is 5.69 Å². The molecule has 0 amide bonds. The lowest BCUT2D eigenvalue weighted by atomic mass is 10.1. The van der Waals surface area contributed by atoms with E-state index < -0.39 is 10.0 Å². The lowest BCUT2D eigenvalue weighted by Crippen LogP contribution is -2.13. The fourth-order valence-corrected chi connectivity index (χ4v) is 3.75. The molecule has 4 rings (SSSR count). The van der Waals surface area contributed by atoms with Gasteiger partial charge >= 0.3 is 0 Å². The van der Waals surface area contributed by atoms with E-state index in [0.29, 0.717) is 11.5 Å². The standard InChI is InChI=1S/C18H17N5O2S/c1-13-19-18(12-22(13)2)26(24,25)21-15-8-6-14(7-9-15)16-11-23-10-4-3-5-17(23)20-16/h3-12,21H,1-2H3. The van der Waals surface area contributed by atoms with Gasteiger partial charge in [-0.3, -0.25) is 4.72 Å². The topological polar surface area (TPSA) is 81.3 Å². The highest BCUT2D eigenvalue weighted by molar-refractivity contribution is 7.92. The zero-order valence-electron chi connectivity index (χ0n) is 14.3. The number of fused-ring (bicyclic) bond motifs is 1. The third-order valence-corrected chi connectivity index (χ3v) is 5.41. The minimum Gasteiger partial charge on any atom is -0.337 e. The van der Waals surface area contributed by atoms with Crippen molar-refractivity contribution in [2.45, 2.75) is 11.9 Å². The predicted octanol–water partition coefficient (Wildman–Crippen LogP) is 2.84. The second-order valence-electron chi connectivity index (χ2n) is 6.01. The predicted molar refractivity (Wildman–Crippen MR) is 99.4 cm³/mol. The molecule has 0 aliphatic heterocycles. The Morgan fingerprint density at radius 3 is 2.42 bits per heavy atom. The maximum absolute atomic E-state index is 12.4. The van der Waals surface area contributed by atoms with Crippen LogP contribution in [0.1, 0.15) is 5.82 Å². The van der Waals surface area contributed by atoms with Crippen LogP contribution in [0.3, 0.4) is 0 Å². The molecule has 0 aliphatic rings. The highest BCUT2D eigenvalue weighted by Gasteiger charge is 2.18. The molecule has 1 N–H and O–H groups in total. The Balaban J connectivity index is 1.59. The number of nitrogens with zero attached hydrogens (tertiary/aromatic N) is 4. The quantitative estimate of drug-likeness (QED) is 0.601. The van der Waals surface area contributed by atoms with E-state index in [0.717, 1.165) is 16.9 Å². The molecule has 7 nitrogen and oxygen atoms in total. The van der Waals surface area contributed by atoms with E-state index in [4.69, 9.17) is 0 Å². The maximum Gasteiger partial charge on any atom is 0.280 e. The van der Waals surface area contributed by atoms with Crippen molar-refractivity contribution in [2.24, 2.45) is 7.05 Å². The summed E-state index contributed by atoms with van der Waals surface area (Å²) in [7, 11) is -1.96. The van der Waals surface area contributed by atoms with Crippen LogP contribution < -0.4 is 4.72 Å². The highest BCUT2D eigenvalue weighted by Crippen LogP contribution is 2.22. The summed E-state index contributed by atoms with van der Waals surface area (Å²) >= 11 is 0. The number of nitrogens with one attached hydrogen (secondary N) is 1. The molecule has 0 saturated heterocycles. The number of sulfonamides is 1. The molecule has 0 radical (unpaired) electrons. The van der Waals surface area contributed by atoms with Gasteiger partial charge < -0.3 is 8.97 Å². The van der Waals surface area contributed by atoms with Crippen LogP contribution in [0, 0.1) is 6.92 Å². The molecule has 0 spiro atoms. The van der Waals surface area contributed by atoms with Crippen LogP contribution in [0.2, 0.25) is 0 Å². The van der Waals surface area contributed by atoms with Gasteiger partial charge in [0.05, 0.1) is 5.69 Å². The average Bonchev–Trinajstić information content (AvgIpc) is 3.19. The number of aromatic nitrogens is 4. The molecule has 0 bridgehead atoms. The molecule has 26 heavy (non-hydrogen) atoms. The number of anilines is 1. The fraction of sp³-hybridized carbons (Fsp3) is 0.111. The summed E-state index contributed by atoms with van der Waals surface area (Å²) in [5.41, 5.74) is 3.06. The Bertz CT molecular complexity index is 1140. The molecule has 0 saturated carbocycles. The molecule has 4 aromatic rings. The van der Waals surface area contributed by atoms with Crippen LogP contribution in [-0.2, 0) is 17.1 Å². The molecule has 0 fully saturated rings. The Morgan fingerprint density at radius 2 is 1.77 bits per heavy atom. The number of aryl methyl sites for hydroxylation is 2. The molecule has 132 valence electrons. The van der Waals surface area contributed by atoms with Crippen molar-refractivity contribution in [2.75, 3.05) is 4.72 Å². The molecule has 1 aromatic carbocycles. The molecule has 3 aromatic heterocycles. The Hall–Kier alpha value is -3.13. The van der Waals surface area contributed by atoms with Crippen molar-refractivity contribution in [3.8, 4) is 11.3 Å². The van der Waals surface area contributed by atoms with Gasteiger partial charge in [0, 0.05) is 36.9 Å². The summed E-state index contributed by atoms with van der Waals surface area (Å²) in [6, 6.07) is 12.9. The van der Waals surface area contributed by atoms with E-state index in [2.05, 4.69) is 14.7 Å². The smallest absolute Gasteiger partial charge is 0.280 e. The van der Waals surface area contributed by atoms with Gasteiger partial charge in [0.25, 0.3) is 10.0 Å². The maximum atomic E-state index is 12.4. The van der Waals surface area contributed by atoms with Gasteiger partial charge in [-0.1, -0.05) is 18.2 Å². The molecule has 0 atom stereocenters. The van der Waals surface area contributed by atoms with Crippen molar-refractivity contribution in [1.29, 1.82) is 0 Å². The van der Waals surface area contributed by atoms with Crippen molar-refractivity contribution >= 4 is 21.4 Å². The minimum atomic E-state index is -3.71. The second kappa shape index (κ2) is 5.99. The summed E-state index contributed by atoms with van der Waals surface area (Å²) in [4.78, 5) is 8.63. The number of imidazole rings is 2. The van der Waals surface area contributed by atoms with Crippen LogP contribution in [0.5, 0.6) is 0 Å². The van der Waals surface area contributed by atoms with Crippen LogP contribution in [0.25, 0.3) is 16.9 Å². The van der Waals surface area contributed by atoms with Crippen molar-refractivity contribution in [3.63, 3.8) is 0 Å². The summed E-state index contributed by atoms with van der Waals surface area (Å²) < 4.78 is 31.0. The van der Waals surface area contributed by atoms with E-state index in [1.807, 2.05) is 47.1 Å². The summed E-state index contributed by atoms with van der Waals surface area (Å²) in [5, 5.41) is 0.00178. The third-order valence-electron chi connectivity index (χ3n) is 4.16. The number of benzene rings is 1. The van der Waals surface area contributed by atoms with Crippen molar-refractivity contribution in [1.82, 2.24) is 18.9 Å². The third kappa shape index (κ3) is 2.95. The van der Waals surface area contributed by atoms with E-state index in [9.17, 15) is 8.42 Å². The number of pyridine rings is 1. The fourth-order valence-electron chi connectivity index (χ4n) is 2.65. The second-order valence-corrected chi connectivity index (χ2v) is 7.64. The van der Waals surface area contributed by atoms with E-state index >= 15 is 0 Å². The molecule has 8 heteroatoms. The van der Waals surface area contributed by atoms with E-state index in [1.54, 1.807) is 30.7 Å². The number of hydrogen-bond donors (Lipinski definition) is 1. The lowest BCUT2D eigenvalue weighted by Gasteiger charge is -2.06. The van der Waals surface area contributed by atoms with E-state index in [1.165, 1.54) is 6.20 Å². The molecule has 0 unspecified atom stereocenters. The monoisotopic (exact) mass is 367 g/mol. The van der Waals surface area contributed by atoms with Gasteiger partial charge in [0.1, 0.15) is 11.5 Å². The number of hydrogen-bond acceptors (Lipinski definition) is 4. The Morgan fingerprint density at radius 1 is 1.00 bits per heavy atom. The first kappa shape index (κ1) is 16.3. The molecular weight excluding hydrogens is 350 g/mol. The van der Waals surface area contributed by atoms with Gasteiger partial charge in [-0.2, -0.15) is 8.42 Å². The van der Waals surface area contributed by atoms with Gasteiger partial charge in [0.2, 0.25) is 0 Å². The minimum absolute atomic E-state index is 0.00178. The Labute approximate surface area is 151 Å². The summed E-state index contributed by atoms with van der Waals surface area (Å²) in [6.07, 6.45) is 5.36. The highest BCUT2D eigenvalue weighted by atomic mass is 32.2. The average molecular weight is 367 g/mol. The molecular formula is C18H17N5O2S. The SMILES string of the molecule is Cc1nc(S(=O)(=O)Nc2ccc(-c3cn4ccccc4n3)cc2)cn1C. The zero-order valence-corrected chi connectivity index (χ0v) is 15.1. The van der Waals surface area contributed by atoms with Gasteiger partial charge in [0.15, 0.2) is 5.03 Å². The van der Waals surface area contributed by atoms with Crippen LogP contribution in [0.15, 0.2) is 66.1 Å². The van der Waals surface area contributed by atoms with Gasteiger partial charge in [-0.05, 0) is 31.2 Å². The summed E-state index contributed by atoms with van der Waals surface area (Å²) in [5.74, 6) is 0.632. The lowest BCUT2D eigenvalue weighted by molar-refractivity contribution is 0.598. The zero-order chi connectivity index (χ0) is 18.3.